The summed E-state index contributed by atoms with van der Waals surface area (Å²) >= 11 is 8.12. The Hall–Kier alpha value is -1.31. The third kappa shape index (κ3) is 2.68. The van der Waals surface area contributed by atoms with Crippen molar-refractivity contribution in [1.29, 1.82) is 0 Å². The number of aromatic nitrogens is 1. The van der Waals surface area contributed by atoms with Crippen molar-refractivity contribution in [2.24, 2.45) is 0 Å². The fourth-order valence-electron chi connectivity index (χ4n) is 2.27. The maximum absolute atomic E-state index is 12.7. The first-order valence-corrected chi connectivity index (χ1v) is 8.88. The number of benzene rings is 1. The number of amides is 1. The number of carbonyl (C=O) groups excluding carboxylic acids is 2. The number of rotatable bonds is 3. The Morgan fingerprint density at radius 3 is 2.73 bits per heavy atom. The quantitative estimate of drug-likeness (QED) is 0.736. The highest BCUT2D eigenvalue weighted by molar-refractivity contribution is 9.13. The van der Waals surface area contributed by atoms with Gasteiger partial charge in [-0.2, -0.15) is 0 Å². The molecule has 1 heterocycles. The average molecular weight is 442 g/mol. The van der Waals surface area contributed by atoms with E-state index < -0.39 is 0 Å². The highest BCUT2D eigenvalue weighted by Gasteiger charge is 2.25. The molecule has 0 fully saturated rings. The minimum atomic E-state index is -0.289. The zero-order valence-corrected chi connectivity index (χ0v) is 15.4. The van der Waals surface area contributed by atoms with Crippen LogP contribution < -0.4 is 5.32 Å². The summed E-state index contributed by atoms with van der Waals surface area (Å²) in [5.41, 5.74) is 2.92. The standard InChI is InChI=1S/C15H10Br2N2O2S/c1-18-14(21)12-6-22-15(19-12)13(20)8-3-2-7-4-10(16)11(17)5-9(7)8/h3-6H,2H2,1H3,(H,18,21). The molecule has 1 aliphatic carbocycles. The first-order valence-electron chi connectivity index (χ1n) is 6.42. The van der Waals surface area contributed by atoms with Crippen molar-refractivity contribution in [2.45, 2.75) is 6.42 Å². The van der Waals surface area contributed by atoms with Gasteiger partial charge in [0.1, 0.15) is 5.69 Å². The van der Waals surface area contributed by atoms with Gasteiger partial charge in [0.05, 0.1) is 0 Å². The molecular weight excluding hydrogens is 432 g/mol. The van der Waals surface area contributed by atoms with Crippen molar-refractivity contribution < 1.29 is 9.59 Å². The summed E-state index contributed by atoms with van der Waals surface area (Å²) in [4.78, 5) is 28.3. The predicted octanol–water partition coefficient (Wildman–Crippen LogP) is 3.85. The Bertz CT molecular complexity index is 827. The number of hydrogen-bond donors (Lipinski definition) is 1. The highest BCUT2D eigenvalue weighted by Crippen LogP contribution is 2.36. The lowest BCUT2D eigenvalue weighted by atomic mass is 10.0. The molecular formula is C15H10Br2N2O2S. The molecule has 0 saturated heterocycles. The van der Waals surface area contributed by atoms with Crippen LogP contribution in [0.15, 0.2) is 32.5 Å². The van der Waals surface area contributed by atoms with Gasteiger partial charge in [-0.25, -0.2) is 4.98 Å². The molecule has 0 radical (unpaired) electrons. The monoisotopic (exact) mass is 440 g/mol. The fraction of sp³-hybridized carbons (Fsp3) is 0.133. The van der Waals surface area contributed by atoms with E-state index in [9.17, 15) is 9.59 Å². The first-order chi connectivity index (χ1) is 10.5. The van der Waals surface area contributed by atoms with E-state index >= 15 is 0 Å². The second kappa shape index (κ2) is 6.06. The van der Waals surface area contributed by atoms with Crippen molar-refractivity contribution in [3.63, 3.8) is 0 Å². The lowest BCUT2D eigenvalue weighted by Gasteiger charge is -2.06. The number of carbonyl (C=O) groups is 2. The number of nitrogens with one attached hydrogen (secondary N) is 1. The first kappa shape index (κ1) is 15.6. The lowest BCUT2D eigenvalue weighted by molar-refractivity contribution is 0.0959. The van der Waals surface area contributed by atoms with Gasteiger partial charge in [0.15, 0.2) is 5.01 Å². The van der Waals surface area contributed by atoms with E-state index in [1.54, 1.807) is 5.38 Å². The second-order valence-corrected chi connectivity index (χ2v) is 7.26. The molecule has 1 aromatic carbocycles. The van der Waals surface area contributed by atoms with Crippen molar-refractivity contribution in [1.82, 2.24) is 10.3 Å². The molecule has 0 atom stereocenters. The summed E-state index contributed by atoms with van der Waals surface area (Å²) in [5.74, 6) is -0.434. The SMILES string of the molecule is CNC(=O)c1csc(C(=O)C2=CCc3cc(Br)c(Br)cc32)n1. The molecule has 112 valence electrons. The summed E-state index contributed by atoms with van der Waals surface area (Å²) < 4.78 is 1.86. The summed E-state index contributed by atoms with van der Waals surface area (Å²) in [5, 5.41) is 4.43. The molecule has 0 saturated carbocycles. The predicted molar refractivity (Wildman–Crippen MR) is 93.4 cm³/mol. The van der Waals surface area contributed by atoms with Crippen LogP contribution in [-0.2, 0) is 6.42 Å². The van der Waals surface area contributed by atoms with Crippen LogP contribution >= 0.6 is 43.2 Å². The Labute approximate surface area is 147 Å². The van der Waals surface area contributed by atoms with Crippen molar-refractivity contribution in [3.8, 4) is 0 Å². The van der Waals surface area contributed by atoms with Crippen LogP contribution in [0.2, 0.25) is 0 Å². The molecule has 1 N–H and O–H groups in total. The van der Waals surface area contributed by atoms with Crippen molar-refractivity contribution in [2.75, 3.05) is 7.05 Å². The van der Waals surface area contributed by atoms with Crippen LogP contribution in [0.5, 0.6) is 0 Å². The normalized spacial score (nSPS) is 12.8. The number of halogens is 2. The minimum Gasteiger partial charge on any atom is -0.354 e. The molecule has 1 amide bonds. The highest BCUT2D eigenvalue weighted by atomic mass is 79.9. The molecule has 0 unspecified atom stereocenters. The van der Waals surface area contributed by atoms with Gasteiger partial charge in [-0.1, -0.05) is 6.08 Å². The van der Waals surface area contributed by atoms with Gasteiger partial charge < -0.3 is 5.32 Å². The van der Waals surface area contributed by atoms with Crippen molar-refractivity contribution in [3.05, 3.63) is 54.4 Å². The number of ketones is 1. The van der Waals surface area contributed by atoms with Crippen LogP contribution in [0.25, 0.3) is 5.57 Å². The van der Waals surface area contributed by atoms with Gasteiger partial charge in [0, 0.05) is 26.9 Å². The molecule has 2 aromatic rings. The molecule has 0 bridgehead atoms. The van der Waals surface area contributed by atoms with Crippen LogP contribution in [0.4, 0.5) is 0 Å². The average Bonchev–Trinajstić information content (AvgIpc) is 3.13. The lowest BCUT2D eigenvalue weighted by Crippen LogP contribution is -2.18. The maximum Gasteiger partial charge on any atom is 0.270 e. The third-order valence-corrected chi connectivity index (χ3v) is 6.05. The Morgan fingerprint density at radius 1 is 1.27 bits per heavy atom. The van der Waals surface area contributed by atoms with Crippen LogP contribution in [0.3, 0.4) is 0 Å². The molecule has 22 heavy (non-hydrogen) atoms. The van der Waals surface area contributed by atoms with Crippen LogP contribution in [0, 0.1) is 0 Å². The molecule has 0 aliphatic heterocycles. The van der Waals surface area contributed by atoms with E-state index in [1.165, 1.54) is 18.4 Å². The second-order valence-electron chi connectivity index (χ2n) is 4.69. The Morgan fingerprint density at radius 2 is 2.00 bits per heavy atom. The number of Topliss-reactive ketones (excluding diaryl/α,β-unsaturated/α-hetero) is 1. The third-order valence-electron chi connectivity index (χ3n) is 3.37. The van der Waals surface area contributed by atoms with Gasteiger partial charge in [-0.3, -0.25) is 9.59 Å². The van der Waals surface area contributed by atoms with Gasteiger partial charge in [0.25, 0.3) is 5.91 Å². The summed E-state index contributed by atoms with van der Waals surface area (Å²) in [6, 6.07) is 3.94. The van der Waals surface area contributed by atoms with Gasteiger partial charge in [0.2, 0.25) is 5.78 Å². The maximum atomic E-state index is 12.7. The number of hydrogen-bond acceptors (Lipinski definition) is 4. The molecule has 4 nitrogen and oxygen atoms in total. The smallest absolute Gasteiger partial charge is 0.270 e. The molecule has 7 heteroatoms. The zero-order valence-electron chi connectivity index (χ0n) is 11.4. The van der Waals surface area contributed by atoms with E-state index in [0.29, 0.717) is 10.6 Å². The van der Waals surface area contributed by atoms with E-state index in [2.05, 4.69) is 42.2 Å². The van der Waals surface area contributed by atoms with Gasteiger partial charge in [-0.15, -0.1) is 11.3 Å². The minimum absolute atomic E-state index is 0.145. The number of nitrogens with zero attached hydrogens (tertiary/aromatic N) is 1. The molecule has 3 rings (SSSR count). The molecule has 1 aliphatic rings. The van der Waals surface area contributed by atoms with Crippen LogP contribution in [-0.4, -0.2) is 23.7 Å². The van der Waals surface area contributed by atoms with E-state index in [1.807, 2.05) is 18.2 Å². The van der Waals surface area contributed by atoms with Crippen LogP contribution in [0.1, 0.15) is 31.4 Å². The van der Waals surface area contributed by atoms with Gasteiger partial charge in [-0.05, 0) is 61.5 Å². The fourth-order valence-corrected chi connectivity index (χ4v) is 3.76. The zero-order chi connectivity index (χ0) is 15.9. The van der Waals surface area contributed by atoms with E-state index in [-0.39, 0.29) is 17.4 Å². The largest absolute Gasteiger partial charge is 0.354 e. The van der Waals surface area contributed by atoms with Crippen molar-refractivity contribution >= 4 is 60.5 Å². The molecule has 1 aromatic heterocycles. The topological polar surface area (TPSA) is 59.1 Å². The number of fused-ring (bicyclic) bond motifs is 1. The van der Waals surface area contributed by atoms with E-state index in [4.69, 9.17) is 0 Å². The molecule has 0 spiro atoms. The summed E-state index contributed by atoms with van der Waals surface area (Å²) in [7, 11) is 1.54. The number of allylic oxidation sites excluding steroid dienone is 2. The van der Waals surface area contributed by atoms with E-state index in [0.717, 1.165) is 26.5 Å². The number of thiazole rings is 1. The Balaban J connectivity index is 1.94. The Kier molecular flexibility index (Phi) is 4.29. The van der Waals surface area contributed by atoms with Gasteiger partial charge >= 0.3 is 0 Å². The summed E-state index contributed by atoms with van der Waals surface area (Å²) in [6.45, 7) is 0. The summed E-state index contributed by atoms with van der Waals surface area (Å²) in [6.07, 6.45) is 2.63.